The number of hydrogen-bond acceptors (Lipinski definition) is 14. The fourth-order valence-corrected chi connectivity index (χ4v) is 14.3. The Bertz CT molecular complexity index is 2550. The van der Waals surface area contributed by atoms with Gasteiger partial charge in [-0.25, -0.2) is 4.98 Å². The van der Waals surface area contributed by atoms with Crippen LogP contribution in [-0.4, -0.2) is 65.2 Å². The van der Waals surface area contributed by atoms with Crippen molar-refractivity contribution in [1.29, 1.82) is 0 Å². The molecule has 0 atom stereocenters. The Balaban J connectivity index is 0.706. The molecule has 78 heavy (non-hydrogen) atoms. The maximum Gasteiger partial charge on any atom is 0.314 e. The molecule has 6 aliphatic carbocycles. The van der Waals surface area contributed by atoms with E-state index in [1.807, 2.05) is 24.3 Å². The van der Waals surface area contributed by atoms with Crippen LogP contribution >= 0.6 is 11.3 Å². The third-order valence-electron chi connectivity index (χ3n) is 19.6. The van der Waals surface area contributed by atoms with Gasteiger partial charge in [0.2, 0.25) is 0 Å². The smallest absolute Gasteiger partial charge is 0.314 e. The zero-order valence-corrected chi connectivity index (χ0v) is 48.4. The van der Waals surface area contributed by atoms with Gasteiger partial charge in [-0.3, -0.25) is 28.8 Å². The summed E-state index contributed by atoms with van der Waals surface area (Å²) in [5.41, 5.74) is 2.02. The molecule has 2 aromatic carbocycles. The monoisotopic (exact) mass is 1090 g/mol. The first-order valence-electron chi connectivity index (χ1n) is 29.9. The number of nitrogens with zero attached hydrogens (tertiary/aromatic N) is 1. The summed E-state index contributed by atoms with van der Waals surface area (Å²) in [6.07, 6.45) is 16.5. The molecule has 6 saturated carbocycles. The van der Waals surface area contributed by atoms with Crippen molar-refractivity contribution in [3.8, 4) is 22.1 Å². The van der Waals surface area contributed by atoms with Crippen LogP contribution in [0.15, 0.2) is 42.5 Å². The number of rotatable bonds is 13. The van der Waals surface area contributed by atoms with Crippen molar-refractivity contribution < 1.29 is 57.2 Å². The van der Waals surface area contributed by atoms with Gasteiger partial charge in [0.1, 0.15) is 40.9 Å². The molecule has 1 aromatic heterocycles. The van der Waals surface area contributed by atoms with Gasteiger partial charge in [0, 0.05) is 0 Å². The van der Waals surface area contributed by atoms with Crippen LogP contribution in [0.2, 0.25) is 0 Å². The first kappa shape index (κ1) is 57.8. The third-order valence-corrected chi connectivity index (χ3v) is 20.7. The van der Waals surface area contributed by atoms with Gasteiger partial charge in [0.15, 0.2) is 0 Å². The maximum atomic E-state index is 13.8. The van der Waals surface area contributed by atoms with Gasteiger partial charge < -0.3 is 28.4 Å². The minimum Gasteiger partial charge on any atom is -0.462 e. The minimum atomic E-state index is -0.403. The molecule has 0 spiro atoms. The van der Waals surface area contributed by atoms with Crippen molar-refractivity contribution in [1.82, 2.24) is 4.98 Å². The molecule has 0 amide bonds. The first-order chi connectivity index (χ1) is 37.2. The molecule has 9 rings (SSSR count). The van der Waals surface area contributed by atoms with Crippen LogP contribution in [0.5, 0.6) is 11.5 Å². The number of ether oxygens (including phenoxy) is 6. The number of hydrogen-bond donors (Lipinski definition) is 0. The molecule has 0 N–H and O–H groups in total. The number of fused-ring (bicyclic) bond motifs is 1. The molecule has 0 saturated heterocycles. The van der Waals surface area contributed by atoms with E-state index in [0.29, 0.717) is 131 Å². The van der Waals surface area contributed by atoms with Crippen LogP contribution in [-0.2, 0) is 47.7 Å². The van der Waals surface area contributed by atoms with Gasteiger partial charge in [-0.1, -0.05) is 60.6 Å². The quantitative estimate of drug-likeness (QED) is 0.0900. The summed E-state index contributed by atoms with van der Waals surface area (Å²) in [7, 11) is 0. The molecular weight excluding hydrogens is 1010 g/mol. The highest BCUT2D eigenvalue weighted by molar-refractivity contribution is 7.21. The Hall–Kier alpha value is -4.85. The number of para-hydroxylation sites is 1. The lowest BCUT2D eigenvalue weighted by Gasteiger charge is -2.46. The highest BCUT2D eigenvalue weighted by Gasteiger charge is 2.43. The van der Waals surface area contributed by atoms with E-state index >= 15 is 0 Å². The summed E-state index contributed by atoms with van der Waals surface area (Å²) < 4.78 is 37.1. The van der Waals surface area contributed by atoms with E-state index in [1.54, 1.807) is 18.2 Å². The predicted octanol–water partition coefficient (Wildman–Crippen LogP) is 14.3. The van der Waals surface area contributed by atoms with Gasteiger partial charge in [-0.05, 0) is 207 Å². The van der Waals surface area contributed by atoms with Gasteiger partial charge in [0.05, 0.1) is 51.3 Å². The van der Waals surface area contributed by atoms with E-state index < -0.39 is 5.92 Å². The number of aromatic nitrogens is 1. The molecular formula is C64H87NO12S. The van der Waals surface area contributed by atoms with E-state index in [2.05, 4.69) is 48.5 Å². The maximum absolute atomic E-state index is 13.8. The highest BCUT2D eigenvalue weighted by Crippen LogP contribution is 2.51. The lowest BCUT2D eigenvalue weighted by Crippen LogP contribution is -2.39. The van der Waals surface area contributed by atoms with E-state index in [-0.39, 0.29) is 106 Å². The van der Waals surface area contributed by atoms with Gasteiger partial charge >= 0.3 is 35.8 Å². The van der Waals surface area contributed by atoms with Crippen LogP contribution in [0.1, 0.15) is 203 Å². The number of esters is 6. The summed E-state index contributed by atoms with van der Waals surface area (Å²) >= 11 is 1.45. The van der Waals surface area contributed by atoms with Gasteiger partial charge in [0.25, 0.3) is 0 Å². The number of benzene rings is 2. The Labute approximate surface area is 466 Å². The van der Waals surface area contributed by atoms with Crippen molar-refractivity contribution in [2.24, 2.45) is 57.7 Å². The van der Waals surface area contributed by atoms with Crippen molar-refractivity contribution in [3.63, 3.8) is 0 Å². The molecule has 0 unspecified atom stereocenters. The predicted molar refractivity (Wildman–Crippen MR) is 298 cm³/mol. The summed E-state index contributed by atoms with van der Waals surface area (Å²) in [5.74, 6) is -1.51. The largest absolute Gasteiger partial charge is 0.462 e. The van der Waals surface area contributed by atoms with Crippen molar-refractivity contribution >= 4 is 57.4 Å². The topological polar surface area (TPSA) is 171 Å². The summed E-state index contributed by atoms with van der Waals surface area (Å²) in [6, 6.07) is 12.8. The highest BCUT2D eigenvalue weighted by atomic mass is 32.1. The third kappa shape index (κ3) is 14.4. The van der Waals surface area contributed by atoms with Gasteiger partial charge in [-0.15, -0.1) is 11.3 Å². The second kappa shape index (κ2) is 24.9. The molecule has 6 fully saturated rings. The zero-order chi connectivity index (χ0) is 55.4. The van der Waals surface area contributed by atoms with Crippen molar-refractivity contribution in [2.45, 2.75) is 227 Å². The summed E-state index contributed by atoms with van der Waals surface area (Å²) in [6.45, 7) is 16.0. The molecule has 6 aliphatic rings. The zero-order valence-electron chi connectivity index (χ0n) is 47.6. The molecule has 0 aliphatic heterocycles. The Morgan fingerprint density at radius 2 is 0.859 bits per heavy atom. The summed E-state index contributed by atoms with van der Waals surface area (Å²) in [4.78, 5) is 85.3. The van der Waals surface area contributed by atoms with Gasteiger partial charge in [-0.2, -0.15) is 0 Å². The average molecular weight is 1090 g/mol. The number of carbonyl (C=O) groups excluding carboxylic acids is 6. The molecule has 0 bridgehead atoms. The van der Waals surface area contributed by atoms with Crippen LogP contribution in [0.3, 0.4) is 0 Å². The van der Waals surface area contributed by atoms with Crippen LogP contribution in [0.4, 0.5) is 0 Å². The van der Waals surface area contributed by atoms with E-state index in [1.165, 1.54) is 11.3 Å². The fourth-order valence-electron chi connectivity index (χ4n) is 13.4. The number of carbonyl (C=O) groups is 6. The molecule has 14 heteroatoms. The standard InChI is InChI=1S/C64H87NO12S/c1-62(2,3)45-22-20-43(21-23-45)58(68)74-48-26-24-46(25-27-48)73-57(67)40-16-18-42(19-17-40)61(71)77-53-33-32-50(38-51(53)55-65-52-10-8-9-11-54(52)78-55)76-59(69)41-14-12-39(13-15-41)56(66)72-47-28-30-49(31-29-47)75-60(70)44-34-36-64(7,37-35-44)63(4,5)6/h8-11,32-33,38-49H,12-31,34-37H2,1-7H3. The fraction of sp³-hybridized carbons (Fsp3) is 0.703. The molecule has 426 valence electrons. The Morgan fingerprint density at radius 1 is 0.474 bits per heavy atom. The normalized spacial score (nSPS) is 31.0. The second-order valence-electron chi connectivity index (χ2n) is 26.6. The van der Waals surface area contributed by atoms with Crippen LogP contribution < -0.4 is 9.47 Å². The minimum absolute atomic E-state index is 0.0167. The first-order valence-corrected chi connectivity index (χ1v) is 30.7. The second-order valence-corrected chi connectivity index (χ2v) is 27.7. The number of thiazole rings is 1. The van der Waals surface area contributed by atoms with E-state index in [4.69, 9.17) is 33.4 Å². The van der Waals surface area contributed by atoms with Crippen molar-refractivity contribution in [2.75, 3.05) is 0 Å². The average Bonchev–Trinajstić information content (AvgIpc) is 3.89. The Kier molecular flexibility index (Phi) is 18.4. The lowest BCUT2D eigenvalue weighted by atomic mass is 9.59. The van der Waals surface area contributed by atoms with Crippen molar-refractivity contribution in [3.05, 3.63) is 42.5 Å². The molecule has 0 radical (unpaired) electrons. The van der Waals surface area contributed by atoms with Crippen LogP contribution in [0.25, 0.3) is 20.8 Å². The van der Waals surface area contributed by atoms with E-state index in [9.17, 15) is 28.8 Å². The summed E-state index contributed by atoms with van der Waals surface area (Å²) in [5, 5.41) is 0.617. The lowest BCUT2D eigenvalue weighted by molar-refractivity contribution is -0.165. The Morgan fingerprint density at radius 3 is 1.27 bits per heavy atom. The molecule has 13 nitrogen and oxygen atoms in total. The van der Waals surface area contributed by atoms with E-state index in [0.717, 1.165) is 61.6 Å². The SMILES string of the molecule is CC(C)(C)C1CCC(C(=O)OC2CCC(OC(=O)C3CCC(C(=O)Oc4ccc(OC(=O)C5CCC(C(=O)OC6CCC(OC(=O)C7CCC(C)(C(C)(C)C)CC7)CC6)CC5)cc4-c4nc5ccccc5s4)CC3)CC2)CC1. The van der Waals surface area contributed by atoms with Crippen LogP contribution in [0, 0.1) is 57.7 Å². The molecule has 3 aromatic rings. The molecule has 1 heterocycles.